The Balaban J connectivity index is 2.16. The Morgan fingerprint density at radius 1 is 1.53 bits per heavy atom. The molecule has 0 aliphatic carbocycles. The quantitative estimate of drug-likeness (QED) is 0.798. The fourth-order valence-corrected chi connectivity index (χ4v) is 2.40. The van der Waals surface area contributed by atoms with Crippen molar-refractivity contribution < 1.29 is 9.53 Å². The molecule has 1 heterocycles. The van der Waals surface area contributed by atoms with Crippen LogP contribution < -0.4 is 4.74 Å². The van der Waals surface area contributed by atoms with Crippen LogP contribution in [0.4, 0.5) is 0 Å². The van der Waals surface area contributed by atoms with E-state index in [4.69, 9.17) is 16.3 Å². The van der Waals surface area contributed by atoms with Gasteiger partial charge in [0.25, 0.3) is 0 Å². The molecule has 0 fully saturated rings. The van der Waals surface area contributed by atoms with Crippen LogP contribution in [-0.4, -0.2) is 21.7 Å². The van der Waals surface area contributed by atoms with Gasteiger partial charge in [-0.25, -0.2) is 0 Å². The number of hydrogen-bond donors (Lipinski definition) is 0. The number of halogens is 2. The number of carbonyl (C=O) groups excluding carboxylic acids is 1. The normalized spacial score (nSPS) is 12.2. The molecule has 1 aromatic heterocycles. The lowest BCUT2D eigenvalue weighted by Crippen LogP contribution is -2.26. The van der Waals surface area contributed by atoms with E-state index >= 15 is 0 Å². The molecule has 0 bridgehead atoms. The summed E-state index contributed by atoms with van der Waals surface area (Å²) < 4.78 is 7.77. The number of carbonyl (C=O) groups is 1. The molecule has 4 nitrogen and oxygen atoms in total. The van der Waals surface area contributed by atoms with E-state index in [0.717, 1.165) is 0 Å². The number of aromatic nitrogens is 2. The monoisotopic (exact) mass is 342 g/mol. The first-order valence-electron chi connectivity index (χ1n) is 5.63. The Hall–Kier alpha value is -1.33. The van der Waals surface area contributed by atoms with Gasteiger partial charge in [-0.15, -0.1) is 0 Å². The van der Waals surface area contributed by atoms with E-state index in [0.29, 0.717) is 20.9 Å². The zero-order valence-electron chi connectivity index (χ0n) is 10.4. The highest BCUT2D eigenvalue weighted by Crippen LogP contribution is 2.21. The Morgan fingerprint density at radius 3 is 2.84 bits per heavy atom. The molecule has 0 saturated carbocycles. The minimum absolute atomic E-state index is 0.146. The van der Waals surface area contributed by atoms with Crippen molar-refractivity contribution in [3.63, 3.8) is 0 Å². The van der Waals surface area contributed by atoms with Crippen LogP contribution in [0.1, 0.15) is 17.4 Å². The van der Waals surface area contributed by atoms with Crippen molar-refractivity contribution >= 4 is 33.3 Å². The standard InChI is InChI=1S/C13H12BrClN2O2/c1-8(19-10-5-3-4-9(15)6-10)13(18)12-11(14)7-16-17(12)2/h3-8H,1-2H3. The second kappa shape index (κ2) is 5.75. The van der Waals surface area contributed by atoms with Gasteiger partial charge in [0.2, 0.25) is 5.78 Å². The number of aryl methyl sites for hydroxylation is 1. The van der Waals surface area contributed by atoms with Crippen molar-refractivity contribution in [2.24, 2.45) is 7.05 Å². The highest BCUT2D eigenvalue weighted by molar-refractivity contribution is 9.10. The number of ether oxygens (including phenoxy) is 1. The average molecular weight is 344 g/mol. The van der Waals surface area contributed by atoms with Gasteiger partial charge >= 0.3 is 0 Å². The molecular formula is C13H12BrClN2O2. The first-order chi connectivity index (χ1) is 8.99. The maximum atomic E-state index is 12.3. The Morgan fingerprint density at radius 2 is 2.26 bits per heavy atom. The summed E-state index contributed by atoms with van der Waals surface area (Å²) in [5.74, 6) is 0.415. The lowest BCUT2D eigenvalue weighted by atomic mass is 10.2. The lowest BCUT2D eigenvalue weighted by molar-refractivity contribution is 0.0807. The third kappa shape index (κ3) is 3.16. The average Bonchev–Trinajstić information content (AvgIpc) is 2.68. The molecule has 6 heteroatoms. The summed E-state index contributed by atoms with van der Waals surface area (Å²) in [5, 5.41) is 4.58. The van der Waals surface area contributed by atoms with Gasteiger partial charge in [-0.2, -0.15) is 5.10 Å². The van der Waals surface area contributed by atoms with Crippen molar-refractivity contribution in [3.8, 4) is 5.75 Å². The van der Waals surface area contributed by atoms with Gasteiger partial charge in [0.1, 0.15) is 11.4 Å². The summed E-state index contributed by atoms with van der Waals surface area (Å²) in [6.45, 7) is 1.70. The van der Waals surface area contributed by atoms with Crippen LogP contribution in [-0.2, 0) is 7.05 Å². The highest BCUT2D eigenvalue weighted by Gasteiger charge is 2.23. The number of hydrogen-bond acceptors (Lipinski definition) is 3. The molecule has 2 rings (SSSR count). The minimum atomic E-state index is -0.620. The molecule has 0 saturated heterocycles. The van der Waals surface area contributed by atoms with Crippen LogP contribution in [0.3, 0.4) is 0 Å². The maximum Gasteiger partial charge on any atom is 0.222 e. The van der Waals surface area contributed by atoms with E-state index in [1.165, 1.54) is 4.68 Å². The Labute approximate surface area is 124 Å². The second-order valence-corrected chi connectivity index (χ2v) is 5.34. The molecule has 100 valence electrons. The van der Waals surface area contributed by atoms with Crippen molar-refractivity contribution in [2.75, 3.05) is 0 Å². The van der Waals surface area contributed by atoms with Gasteiger partial charge in [0, 0.05) is 12.1 Å². The molecule has 0 spiro atoms. The number of benzene rings is 1. The largest absolute Gasteiger partial charge is 0.482 e. The fourth-order valence-electron chi connectivity index (χ4n) is 1.68. The third-order valence-corrected chi connectivity index (χ3v) is 3.42. The van der Waals surface area contributed by atoms with Crippen LogP contribution >= 0.6 is 27.5 Å². The number of rotatable bonds is 4. The van der Waals surface area contributed by atoms with Gasteiger partial charge in [-0.1, -0.05) is 17.7 Å². The fraction of sp³-hybridized carbons (Fsp3) is 0.231. The van der Waals surface area contributed by atoms with E-state index < -0.39 is 6.10 Å². The van der Waals surface area contributed by atoms with E-state index in [9.17, 15) is 4.79 Å². The molecule has 0 amide bonds. The van der Waals surface area contributed by atoms with E-state index in [2.05, 4.69) is 21.0 Å². The summed E-state index contributed by atoms with van der Waals surface area (Å²) in [4.78, 5) is 12.3. The number of nitrogens with zero attached hydrogens (tertiary/aromatic N) is 2. The minimum Gasteiger partial charge on any atom is -0.482 e. The summed E-state index contributed by atoms with van der Waals surface area (Å²) >= 11 is 9.17. The first kappa shape index (κ1) is 14.1. The van der Waals surface area contributed by atoms with Crippen LogP contribution in [0.25, 0.3) is 0 Å². The van der Waals surface area contributed by atoms with E-state index in [1.54, 1.807) is 44.4 Å². The topological polar surface area (TPSA) is 44.1 Å². The predicted molar refractivity (Wildman–Crippen MR) is 76.8 cm³/mol. The van der Waals surface area contributed by atoms with Gasteiger partial charge in [-0.05, 0) is 41.1 Å². The van der Waals surface area contributed by atoms with Gasteiger partial charge in [0.15, 0.2) is 6.10 Å². The van der Waals surface area contributed by atoms with Gasteiger partial charge in [-0.3, -0.25) is 9.48 Å². The third-order valence-electron chi connectivity index (χ3n) is 2.61. The summed E-state index contributed by atoms with van der Waals surface area (Å²) in [6, 6.07) is 6.95. The molecule has 0 aliphatic heterocycles. The summed E-state index contributed by atoms with van der Waals surface area (Å²) in [5.41, 5.74) is 0.481. The Kier molecular flexibility index (Phi) is 4.27. The van der Waals surface area contributed by atoms with Gasteiger partial charge < -0.3 is 4.74 Å². The highest BCUT2D eigenvalue weighted by atomic mass is 79.9. The molecule has 0 radical (unpaired) electrons. The molecule has 0 aliphatic rings. The molecule has 0 N–H and O–H groups in total. The van der Waals surface area contributed by atoms with Gasteiger partial charge in [0.05, 0.1) is 10.7 Å². The Bertz CT molecular complexity index is 593. The SMILES string of the molecule is CC(Oc1cccc(Cl)c1)C(=O)c1c(Br)cnn1C. The first-order valence-corrected chi connectivity index (χ1v) is 6.80. The zero-order valence-corrected chi connectivity index (χ0v) is 12.8. The van der Waals surface area contributed by atoms with Crippen molar-refractivity contribution in [2.45, 2.75) is 13.0 Å². The van der Waals surface area contributed by atoms with E-state index in [-0.39, 0.29) is 5.78 Å². The van der Waals surface area contributed by atoms with Crippen molar-refractivity contribution in [3.05, 3.63) is 45.7 Å². The molecule has 19 heavy (non-hydrogen) atoms. The zero-order chi connectivity index (χ0) is 14.0. The van der Waals surface area contributed by atoms with E-state index in [1.807, 2.05) is 0 Å². The lowest BCUT2D eigenvalue weighted by Gasteiger charge is -2.14. The molecule has 1 aromatic carbocycles. The van der Waals surface area contributed by atoms with Crippen molar-refractivity contribution in [1.29, 1.82) is 0 Å². The summed E-state index contributed by atoms with van der Waals surface area (Å²) in [7, 11) is 1.71. The van der Waals surface area contributed by atoms with Crippen LogP contribution in [0.15, 0.2) is 34.9 Å². The number of ketones is 1. The molecule has 1 atom stereocenters. The number of Topliss-reactive ketones (excluding diaryl/α,β-unsaturated/α-hetero) is 1. The predicted octanol–water partition coefficient (Wildman–Crippen LogP) is 3.49. The van der Waals surface area contributed by atoms with Crippen LogP contribution in [0.2, 0.25) is 5.02 Å². The second-order valence-electron chi connectivity index (χ2n) is 4.05. The molecule has 2 aromatic rings. The maximum absolute atomic E-state index is 12.3. The van der Waals surface area contributed by atoms with Crippen LogP contribution in [0, 0.1) is 0 Å². The van der Waals surface area contributed by atoms with Crippen LogP contribution in [0.5, 0.6) is 5.75 Å². The van der Waals surface area contributed by atoms with Crippen molar-refractivity contribution in [1.82, 2.24) is 9.78 Å². The molecular weight excluding hydrogens is 332 g/mol. The summed E-state index contributed by atoms with van der Waals surface area (Å²) in [6.07, 6.45) is 0.962. The smallest absolute Gasteiger partial charge is 0.222 e. The molecule has 1 unspecified atom stereocenters.